The topological polar surface area (TPSA) is 104 Å². The number of rotatable bonds is 11. The van der Waals surface area contributed by atoms with Crippen molar-refractivity contribution in [2.75, 3.05) is 19.7 Å². The minimum Gasteiger partial charge on any atom is -0.489 e. The molecule has 4 N–H and O–H groups in total. The van der Waals surface area contributed by atoms with E-state index >= 15 is 0 Å². The van der Waals surface area contributed by atoms with E-state index in [0.29, 0.717) is 35.7 Å². The van der Waals surface area contributed by atoms with Crippen LogP contribution in [0.25, 0.3) is 0 Å². The summed E-state index contributed by atoms with van der Waals surface area (Å²) in [6.45, 7) is 4.16. The maximum atomic E-state index is 10.1. The Bertz CT molecular complexity index is 696. The summed E-state index contributed by atoms with van der Waals surface area (Å²) in [5.41, 5.74) is 1.61. The number of nitrogens with one attached hydrogen (secondary N) is 1. The van der Waals surface area contributed by atoms with Gasteiger partial charge in [0.25, 0.3) is 0 Å². The van der Waals surface area contributed by atoms with E-state index in [9.17, 15) is 15.3 Å². The molecule has 0 spiro atoms. The van der Waals surface area contributed by atoms with Crippen molar-refractivity contribution in [3.8, 4) is 11.5 Å². The largest absolute Gasteiger partial charge is 0.489 e. The fourth-order valence-corrected chi connectivity index (χ4v) is 2.64. The molecule has 2 unspecified atom stereocenters. The predicted octanol–water partition coefficient (Wildman–Crippen LogP) is 1.17. The summed E-state index contributed by atoms with van der Waals surface area (Å²) in [6.07, 6.45) is 0.728. The monoisotopic (exact) mass is 376 g/mol. The molecule has 0 fully saturated rings. The van der Waals surface area contributed by atoms with Crippen molar-refractivity contribution in [1.29, 1.82) is 0 Å². The number of benzene rings is 1. The van der Waals surface area contributed by atoms with E-state index < -0.39 is 6.10 Å². The van der Waals surface area contributed by atoms with Gasteiger partial charge in [0, 0.05) is 30.4 Å². The van der Waals surface area contributed by atoms with Crippen LogP contribution < -0.4 is 14.8 Å². The fourth-order valence-electron chi connectivity index (χ4n) is 2.64. The molecule has 7 heteroatoms. The highest BCUT2D eigenvalue weighted by molar-refractivity contribution is 5.41. The van der Waals surface area contributed by atoms with Crippen LogP contribution in [-0.4, -0.2) is 52.2 Å². The quantitative estimate of drug-likeness (QED) is 0.467. The SMILES string of the molecule is Cc1ncc(CO)c(CO)c1OCC(O)CNCC(C)Oc1ccccc1. The van der Waals surface area contributed by atoms with Gasteiger partial charge in [0.15, 0.2) is 0 Å². The molecule has 1 aromatic carbocycles. The molecule has 2 atom stereocenters. The highest BCUT2D eigenvalue weighted by atomic mass is 16.5. The van der Waals surface area contributed by atoms with Crippen LogP contribution in [0.2, 0.25) is 0 Å². The maximum Gasteiger partial charge on any atom is 0.146 e. The third kappa shape index (κ3) is 6.48. The van der Waals surface area contributed by atoms with Crippen LogP contribution >= 0.6 is 0 Å². The molecular formula is C20H28N2O5. The van der Waals surface area contributed by atoms with Gasteiger partial charge >= 0.3 is 0 Å². The Morgan fingerprint density at radius 1 is 1.11 bits per heavy atom. The summed E-state index contributed by atoms with van der Waals surface area (Å²) in [5, 5.41) is 32.2. The molecule has 0 aliphatic rings. The zero-order valence-corrected chi connectivity index (χ0v) is 15.8. The van der Waals surface area contributed by atoms with Gasteiger partial charge in [-0.2, -0.15) is 0 Å². The molecule has 1 aromatic heterocycles. The van der Waals surface area contributed by atoms with Gasteiger partial charge in [-0.3, -0.25) is 4.98 Å². The van der Waals surface area contributed by atoms with Crippen molar-refractivity contribution in [2.45, 2.75) is 39.3 Å². The summed E-state index contributed by atoms with van der Waals surface area (Å²) >= 11 is 0. The number of ether oxygens (including phenoxy) is 2. The number of hydrogen-bond acceptors (Lipinski definition) is 7. The van der Waals surface area contributed by atoms with Crippen LogP contribution in [0.15, 0.2) is 36.5 Å². The lowest BCUT2D eigenvalue weighted by Crippen LogP contribution is -2.36. The normalized spacial score (nSPS) is 13.2. The Balaban J connectivity index is 1.77. The number of aryl methyl sites for hydroxylation is 1. The number of pyridine rings is 1. The zero-order chi connectivity index (χ0) is 19.6. The van der Waals surface area contributed by atoms with Gasteiger partial charge in [-0.15, -0.1) is 0 Å². The lowest BCUT2D eigenvalue weighted by Gasteiger charge is -2.19. The van der Waals surface area contributed by atoms with E-state index in [-0.39, 0.29) is 25.9 Å². The molecule has 1 heterocycles. The van der Waals surface area contributed by atoms with E-state index in [0.717, 1.165) is 5.75 Å². The average Bonchev–Trinajstić information content (AvgIpc) is 2.67. The third-order valence-corrected chi connectivity index (χ3v) is 4.05. The lowest BCUT2D eigenvalue weighted by atomic mass is 10.1. The molecule has 2 rings (SSSR count). The van der Waals surface area contributed by atoms with Crippen LogP contribution in [-0.2, 0) is 13.2 Å². The third-order valence-electron chi connectivity index (χ3n) is 4.05. The highest BCUT2D eigenvalue weighted by Crippen LogP contribution is 2.25. The van der Waals surface area contributed by atoms with Gasteiger partial charge < -0.3 is 30.1 Å². The number of nitrogens with zero attached hydrogens (tertiary/aromatic N) is 1. The van der Waals surface area contributed by atoms with Gasteiger partial charge in [0.2, 0.25) is 0 Å². The molecule has 0 saturated carbocycles. The molecule has 27 heavy (non-hydrogen) atoms. The summed E-state index contributed by atoms with van der Waals surface area (Å²) in [4.78, 5) is 4.15. The molecule has 2 aromatic rings. The Kier molecular flexibility index (Phi) is 8.47. The lowest BCUT2D eigenvalue weighted by molar-refractivity contribution is 0.100. The van der Waals surface area contributed by atoms with Crippen LogP contribution in [0.1, 0.15) is 23.7 Å². The summed E-state index contributed by atoms with van der Waals surface area (Å²) in [6, 6.07) is 9.56. The summed E-state index contributed by atoms with van der Waals surface area (Å²) in [7, 11) is 0. The second-order valence-electron chi connectivity index (χ2n) is 6.36. The molecule has 0 aliphatic carbocycles. The molecule has 0 bridgehead atoms. The van der Waals surface area contributed by atoms with Crippen molar-refractivity contribution in [2.24, 2.45) is 0 Å². The van der Waals surface area contributed by atoms with Crippen molar-refractivity contribution >= 4 is 0 Å². The Hall–Kier alpha value is -2.19. The number of aliphatic hydroxyl groups is 3. The average molecular weight is 376 g/mol. The first-order valence-electron chi connectivity index (χ1n) is 8.97. The van der Waals surface area contributed by atoms with Gasteiger partial charge in [0.1, 0.15) is 30.3 Å². The highest BCUT2D eigenvalue weighted by Gasteiger charge is 2.15. The summed E-state index contributed by atoms with van der Waals surface area (Å²) < 4.78 is 11.4. The number of hydrogen-bond donors (Lipinski definition) is 4. The van der Waals surface area contributed by atoms with Crippen molar-refractivity contribution < 1.29 is 24.8 Å². The van der Waals surface area contributed by atoms with Crippen molar-refractivity contribution in [3.05, 3.63) is 53.3 Å². The minimum atomic E-state index is -0.738. The Morgan fingerprint density at radius 3 is 2.52 bits per heavy atom. The van der Waals surface area contributed by atoms with Gasteiger partial charge in [-0.25, -0.2) is 0 Å². The van der Waals surface area contributed by atoms with Gasteiger partial charge in [-0.05, 0) is 26.0 Å². The smallest absolute Gasteiger partial charge is 0.146 e. The fraction of sp³-hybridized carbons (Fsp3) is 0.450. The van der Waals surface area contributed by atoms with Crippen LogP contribution in [0.3, 0.4) is 0 Å². The number of para-hydroxylation sites is 1. The van der Waals surface area contributed by atoms with E-state index in [4.69, 9.17) is 9.47 Å². The van der Waals surface area contributed by atoms with E-state index in [1.54, 1.807) is 6.92 Å². The first-order valence-corrected chi connectivity index (χ1v) is 8.97. The van der Waals surface area contributed by atoms with Crippen LogP contribution in [0, 0.1) is 6.92 Å². The van der Waals surface area contributed by atoms with Crippen LogP contribution in [0.5, 0.6) is 11.5 Å². The Labute approximate surface area is 159 Å². The van der Waals surface area contributed by atoms with E-state index in [1.165, 1.54) is 6.20 Å². The molecule has 7 nitrogen and oxygen atoms in total. The molecule has 0 amide bonds. The second kappa shape index (κ2) is 10.8. The van der Waals surface area contributed by atoms with Gasteiger partial charge in [0.05, 0.1) is 18.9 Å². The number of aromatic nitrogens is 1. The van der Waals surface area contributed by atoms with Gasteiger partial charge in [-0.1, -0.05) is 18.2 Å². The number of aliphatic hydroxyl groups excluding tert-OH is 3. The molecule has 0 aliphatic heterocycles. The molecule has 0 saturated heterocycles. The Morgan fingerprint density at radius 2 is 1.85 bits per heavy atom. The second-order valence-corrected chi connectivity index (χ2v) is 6.36. The molecular weight excluding hydrogens is 348 g/mol. The zero-order valence-electron chi connectivity index (χ0n) is 15.8. The van der Waals surface area contributed by atoms with E-state index in [2.05, 4.69) is 10.3 Å². The van der Waals surface area contributed by atoms with Crippen LogP contribution in [0.4, 0.5) is 0 Å². The van der Waals surface area contributed by atoms with Crippen molar-refractivity contribution in [1.82, 2.24) is 10.3 Å². The first-order chi connectivity index (χ1) is 13.0. The standard InChI is InChI=1S/C20H28N2O5/c1-14(27-18-6-4-3-5-7-18)8-21-10-17(25)13-26-20-15(2)22-9-16(11-23)19(20)12-24/h3-7,9,14,17,21,23-25H,8,10-13H2,1-2H3. The first kappa shape index (κ1) is 21.1. The maximum absolute atomic E-state index is 10.1. The molecule has 0 radical (unpaired) electrons. The predicted molar refractivity (Wildman–Crippen MR) is 102 cm³/mol. The van der Waals surface area contributed by atoms with E-state index in [1.807, 2.05) is 37.3 Å². The summed E-state index contributed by atoms with van der Waals surface area (Å²) in [5.74, 6) is 1.21. The minimum absolute atomic E-state index is 0.0469. The molecule has 148 valence electrons. The van der Waals surface area contributed by atoms with Crippen molar-refractivity contribution in [3.63, 3.8) is 0 Å².